The number of aryl methyl sites for hydroxylation is 1. The van der Waals surface area contributed by atoms with E-state index >= 15 is 0 Å². The van der Waals surface area contributed by atoms with E-state index in [2.05, 4.69) is 10.3 Å². The number of rotatable bonds is 3. The summed E-state index contributed by atoms with van der Waals surface area (Å²) in [4.78, 5) is 16.4. The zero-order chi connectivity index (χ0) is 16.8. The zero-order valence-electron chi connectivity index (χ0n) is 14.0. The van der Waals surface area contributed by atoms with Crippen LogP contribution in [0.25, 0.3) is 0 Å². The summed E-state index contributed by atoms with van der Waals surface area (Å²) in [5.74, 6) is 0.650. The van der Waals surface area contributed by atoms with Crippen LogP contribution < -0.4 is 5.32 Å². The van der Waals surface area contributed by atoms with Crippen LogP contribution in [-0.4, -0.2) is 10.8 Å². The Morgan fingerprint density at radius 3 is 2.46 bits per heavy atom. The summed E-state index contributed by atoms with van der Waals surface area (Å²) in [6.07, 6.45) is 6.25. The molecular weight excluding hydrogens is 303 g/mol. The van der Waals surface area contributed by atoms with Gasteiger partial charge in [0, 0.05) is 6.92 Å². The lowest BCUT2D eigenvalue weighted by molar-refractivity contribution is 0.101. The Morgan fingerprint density at radius 2 is 1.79 bits per heavy atom. The quantitative estimate of drug-likeness (QED) is 0.786. The van der Waals surface area contributed by atoms with E-state index in [1.165, 1.54) is 5.56 Å². The molecule has 0 atom stereocenters. The molecule has 3 nitrogen and oxygen atoms in total. The second-order valence-electron chi connectivity index (χ2n) is 7.01. The van der Waals surface area contributed by atoms with E-state index < -0.39 is 0 Å². The van der Waals surface area contributed by atoms with Crippen molar-refractivity contribution in [2.75, 3.05) is 5.32 Å². The van der Waals surface area contributed by atoms with Crippen molar-refractivity contribution in [2.24, 2.45) is 0 Å². The predicted molar refractivity (Wildman–Crippen MR) is 92.6 cm³/mol. The first kappa shape index (κ1) is 15.3. The van der Waals surface area contributed by atoms with Crippen LogP contribution in [0, 0.1) is 12.7 Å². The van der Waals surface area contributed by atoms with E-state index in [0.717, 1.165) is 36.9 Å². The van der Waals surface area contributed by atoms with Gasteiger partial charge < -0.3 is 5.32 Å². The Morgan fingerprint density at radius 1 is 1.12 bits per heavy atom. The number of anilines is 2. The molecule has 0 amide bonds. The highest BCUT2D eigenvalue weighted by atomic mass is 19.1. The number of hydrogen-bond donors (Lipinski definition) is 1. The lowest BCUT2D eigenvalue weighted by Gasteiger charge is -2.40. The van der Waals surface area contributed by atoms with Gasteiger partial charge in [0.1, 0.15) is 11.5 Å². The normalized spacial score (nSPS) is 21.5. The molecule has 5 rings (SSSR count). The maximum absolute atomic E-state index is 14.4. The molecule has 1 saturated carbocycles. The van der Waals surface area contributed by atoms with Crippen LogP contribution in [0.2, 0.25) is 0 Å². The summed E-state index contributed by atoms with van der Waals surface area (Å²) >= 11 is 0. The van der Waals surface area contributed by atoms with Crippen molar-refractivity contribution < 1.29 is 9.18 Å². The van der Waals surface area contributed by atoms with Crippen molar-refractivity contribution in [1.82, 2.24) is 4.98 Å². The largest absolute Gasteiger partial charge is 0.352 e. The van der Waals surface area contributed by atoms with E-state index in [9.17, 15) is 9.18 Å². The molecule has 2 aromatic rings. The molecule has 124 valence electrons. The number of nitrogens with zero attached hydrogens (tertiary/aromatic N) is 1. The molecule has 24 heavy (non-hydrogen) atoms. The lowest BCUT2D eigenvalue weighted by atomic mass is 9.66. The molecule has 0 aliphatic heterocycles. The van der Waals surface area contributed by atoms with Crippen LogP contribution in [0.1, 0.15) is 71.6 Å². The van der Waals surface area contributed by atoms with Gasteiger partial charge in [0.15, 0.2) is 5.78 Å². The monoisotopic (exact) mass is 324 g/mol. The minimum Gasteiger partial charge on any atom is -0.352 e. The molecule has 1 aromatic carbocycles. The van der Waals surface area contributed by atoms with Gasteiger partial charge >= 0.3 is 0 Å². The molecule has 1 heterocycles. The number of aromatic nitrogens is 1. The Balaban J connectivity index is 1.84. The molecule has 1 aromatic heterocycles. The first-order valence-corrected chi connectivity index (χ1v) is 8.62. The number of carbonyl (C=O) groups excluding carboxylic acids is 1. The molecule has 3 aliphatic carbocycles. The first-order chi connectivity index (χ1) is 11.6. The number of benzene rings is 1. The van der Waals surface area contributed by atoms with E-state index in [1.54, 1.807) is 32.2 Å². The number of hydrogen-bond acceptors (Lipinski definition) is 3. The van der Waals surface area contributed by atoms with Gasteiger partial charge in [0.2, 0.25) is 0 Å². The van der Waals surface area contributed by atoms with Crippen LogP contribution in [0.3, 0.4) is 0 Å². The number of carbonyl (C=O) groups is 1. The minimum atomic E-state index is -0.233. The van der Waals surface area contributed by atoms with Gasteiger partial charge in [-0.05, 0) is 67.2 Å². The Kier molecular flexibility index (Phi) is 3.63. The average molecular weight is 324 g/mol. The number of halogens is 1. The Bertz CT molecular complexity index is 823. The molecule has 0 unspecified atom stereocenters. The van der Waals surface area contributed by atoms with Crippen LogP contribution in [0.15, 0.2) is 24.4 Å². The van der Waals surface area contributed by atoms with E-state index in [1.807, 2.05) is 6.07 Å². The van der Waals surface area contributed by atoms with E-state index in [4.69, 9.17) is 0 Å². The van der Waals surface area contributed by atoms with Gasteiger partial charge in [0.05, 0.1) is 17.6 Å². The number of Topliss-reactive ketones (excluding diaryl/α,β-unsaturated/α-hetero) is 1. The van der Waals surface area contributed by atoms with E-state index in [0.29, 0.717) is 28.8 Å². The zero-order valence-corrected chi connectivity index (χ0v) is 14.0. The van der Waals surface area contributed by atoms with Crippen molar-refractivity contribution in [3.8, 4) is 0 Å². The first-order valence-electron chi connectivity index (χ1n) is 8.62. The van der Waals surface area contributed by atoms with Gasteiger partial charge in [-0.25, -0.2) is 4.39 Å². The molecule has 4 heteroatoms. The number of ketones is 1. The summed E-state index contributed by atoms with van der Waals surface area (Å²) in [5.41, 5.74) is 4.85. The highest BCUT2D eigenvalue weighted by Crippen LogP contribution is 2.52. The van der Waals surface area contributed by atoms with Crippen LogP contribution in [-0.2, 0) is 0 Å². The predicted octanol–water partition coefficient (Wildman–Crippen LogP) is 5.23. The maximum atomic E-state index is 14.4. The van der Waals surface area contributed by atoms with Crippen molar-refractivity contribution >= 4 is 17.2 Å². The third-order valence-electron chi connectivity index (χ3n) is 5.50. The second kappa shape index (κ2) is 5.69. The third kappa shape index (κ3) is 2.32. The van der Waals surface area contributed by atoms with Crippen LogP contribution in [0.5, 0.6) is 0 Å². The average Bonchev–Trinajstić information content (AvgIpc) is 2.59. The van der Waals surface area contributed by atoms with E-state index in [-0.39, 0.29) is 11.6 Å². The van der Waals surface area contributed by atoms with Crippen LogP contribution in [0.4, 0.5) is 15.8 Å². The number of nitrogens with one attached hydrogen (secondary N) is 1. The maximum Gasteiger partial charge on any atom is 0.178 e. The standard InChI is InChI=1S/C20H21FN2O/c1-11-4-3-5-15(19(11)21)23-16-10-22-20(12(2)24)18-14-8-6-13(7-9-14)17(16)18/h3-5,10,13-14,23H,6-9H2,1-2H3. The number of fused-ring (bicyclic) bond motifs is 2. The van der Waals surface area contributed by atoms with Crippen molar-refractivity contribution in [1.29, 1.82) is 0 Å². The highest BCUT2D eigenvalue weighted by molar-refractivity contribution is 5.95. The third-order valence-corrected chi connectivity index (χ3v) is 5.50. The fraction of sp³-hybridized carbons (Fsp3) is 0.400. The summed E-state index contributed by atoms with van der Waals surface area (Å²) in [7, 11) is 0. The van der Waals surface area contributed by atoms with Crippen LogP contribution >= 0.6 is 0 Å². The van der Waals surface area contributed by atoms with Crippen molar-refractivity contribution in [3.05, 3.63) is 52.6 Å². The molecule has 0 spiro atoms. The summed E-state index contributed by atoms with van der Waals surface area (Å²) in [6.45, 7) is 3.34. The Labute approximate surface area is 141 Å². The van der Waals surface area contributed by atoms with Crippen molar-refractivity contribution in [3.63, 3.8) is 0 Å². The van der Waals surface area contributed by atoms with Gasteiger partial charge in [0.25, 0.3) is 0 Å². The molecule has 0 radical (unpaired) electrons. The molecule has 3 aliphatic rings. The molecule has 1 N–H and O–H groups in total. The van der Waals surface area contributed by atoms with Gasteiger partial charge in [-0.1, -0.05) is 12.1 Å². The Hall–Kier alpha value is -2.23. The molecular formula is C20H21FN2O. The van der Waals surface area contributed by atoms with Gasteiger partial charge in [-0.3, -0.25) is 9.78 Å². The summed E-state index contributed by atoms with van der Waals surface area (Å²) in [6, 6.07) is 5.35. The fourth-order valence-corrected chi connectivity index (χ4v) is 4.33. The lowest BCUT2D eigenvalue weighted by Crippen LogP contribution is -2.26. The summed E-state index contributed by atoms with van der Waals surface area (Å²) < 4.78 is 14.4. The SMILES string of the molecule is CC(=O)c1ncc(Nc2cccc(C)c2F)c2c1C1CCC2CC1. The van der Waals surface area contributed by atoms with Gasteiger partial charge in [-0.15, -0.1) is 0 Å². The molecule has 1 fully saturated rings. The van der Waals surface area contributed by atoms with Gasteiger partial charge in [-0.2, -0.15) is 0 Å². The second-order valence-corrected chi connectivity index (χ2v) is 7.01. The molecule has 0 saturated heterocycles. The van der Waals surface area contributed by atoms with Crippen molar-refractivity contribution in [2.45, 2.75) is 51.4 Å². The topological polar surface area (TPSA) is 42.0 Å². The molecule has 2 bridgehead atoms. The fourth-order valence-electron chi connectivity index (χ4n) is 4.33. The number of pyridine rings is 1. The highest BCUT2D eigenvalue weighted by Gasteiger charge is 2.37. The summed E-state index contributed by atoms with van der Waals surface area (Å²) in [5, 5.41) is 3.24. The minimum absolute atomic E-state index is 0.0205. The smallest absolute Gasteiger partial charge is 0.178 e.